The van der Waals surface area contributed by atoms with Crippen molar-refractivity contribution in [3.8, 4) is 11.6 Å². The average Bonchev–Trinajstić information content (AvgIpc) is 3.34. The normalized spacial score (nSPS) is 14.8. The average molecular weight is 453 g/mol. The number of aryl methyl sites for hydroxylation is 1. The van der Waals surface area contributed by atoms with Crippen LogP contribution >= 0.6 is 0 Å². The Morgan fingerprint density at radius 2 is 2.12 bits per heavy atom. The predicted molar refractivity (Wildman–Crippen MR) is 119 cm³/mol. The maximum atomic E-state index is 13.6. The van der Waals surface area contributed by atoms with E-state index in [1.807, 2.05) is 0 Å². The lowest BCUT2D eigenvalue weighted by Crippen LogP contribution is -2.31. The van der Waals surface area contributed by atoms with Gasteiger partial charge in [0.1, 0.15) is 11.3 Å². The molecule has 4 aromatic rings. The first-order valence-corrected chi connectivity index (χ1v) is 11.0. The number of aromatic nitrogens is 6. The van der Waals surface area contributed by atoms with Gasteiger partial charge in [0.15, 0.2) is 17.3 Å². The van der Waals surface area contributed by atoms with Gasteiger partial charge >= 0.3 is 5.69 Å². The van der Waals surface area contributed by atoms with E-state index in [2.05, 4.69) is 25.3 Å². The zero-order valence-electron chi connectivity index (χ0n) is 18.2. The lowest BCUT2D eigenvalue weighted by Gasteiger charge is -2.23. The van der Waals surface area contributed by atoms with E-state index >= 15 is 0 Å². The fraction of sp³-hybridized carbons (Fsp3) is 0.409. The number of aromatic amines is 1. The summed E-state index contributed by atoms with van der Waals surface area (Å²) in [4.78, 5) is 41.3. The first kappa shape index (κ1) is 21.3. The molecule has 0 radical (unpaired) electrons. The van der Waals surface area contributed by atoms with Gasteiger partial charge in [0.25, 0.3) is 0 Å². The number of ether oxygens (including phenoxy) is 1. The molecule has 0 bridgehead atoms. The fourth-order valence-electron chi connectivity index (χ4n) is 4.26. The zero-order chi connectivity index (χ0) is 22.9. The second-order valence-corrected chi connectivity index (χ2v) is 8.13. The highest BCUT2D eigenvalue weighted by atomic mass is 19.1. The van der Waals surface area contributed by atoms with Crippen molar-refractivity contribution in [3.63, 3.8) is 0 Å². The summed E-state index contributed by atoms with van der Waals surface area (Å²) in [6.45, 7) is 3.51. The van der Waals surface area contributed by atoms with Gasteiger partial charge in [-0.25, -0.2) is 24.1 Å². The molecule has 10 nitrogen and oxygen atoms in total. The molecule has 1 fully saturated rings. The summed E-state index contributed by atoms with van der Waals surface area (Å²) in [6.07, 6.45) is 3.70. The molecule has 172 valence electrons. The van der Waals surface area contributed by atoms with Crippen molar-refractivity contribution in [1.82, 2.24) is 34.4 Å². The van der Waals surface area contributed by atoms with Gasteiger partial charge in [0.05, 0.1) is 17.2 Å². The topological polar surface area (TPSA) is 120 Å². The quantitative estimate of drug-likeness (QED) is 0.432. The Bertz CT molecular complexity index is 1380. The van der Waals surface area contributed by atoms with E-state index in [0.717, 1.165) is 12.8 Å². The third-order valence-electron chi connectivity index (χ3n) is 5.85. The third-order valence-corrected chi connectivity index (χ3v) is 5.85. The highest BCUT2D eigenvalue weighted by molar-refractivity contribution is 5.79. The number of hydrogen-bond donors (Lipinski definition) is 2. The number of H-pyrrole nitrogens is 1. The van der Waals surface area contributed by atoms with Crippen LogP contribution in [0.1, 0.15) is 32.2 Å². The van der Waals surface area contributed by atoms with Crippen molar-refractivity contribution in [2.45, 2.75) is 38.8 Å². The Kier molecular flexibility index (Phi) is 5.63. The number of nitrogens with zero attached hydrogens (tertiary/aromatic N) is 5. The van der Waals surface area contributed by atoms with Crippen LogP contribution in [0.5, 0.6) is 0 Å². The SMILES string of the molecule is CC(=O)NCCCn1c(=O)n(C2CCOCC2)c2cnc(-c3nc4ccc(F)cc4[nH]3)nc21. The van der Waals surface area contributed by atoms with Crippen LogP contribution in [0.4, 0.5) is 4.39 Å². The molecule has 3 aromatic heterocycles. The summed E-state index contributed by atoms with van der Waals surface area (Å²) in [7, 11) is 0. The number of imidazole rings is 2. The second-order valence-electron chi connectivity index (χ2n) is 8.13. The van der Waals surface area contributed by atoms with Gasteiger partial charge in [0.2, 0.25) is 5.91 Å². The van der Waals surface area contributed by atoms with Crippen LogP contribution in [-0.4, -0.2) is 54.7 Å². The van der Waals surface area contributed by atoms with E-state index in [1.165, 1.54) is 19.1 Å². The van der Waals surface area contributed by atoms with Crippen LogP contribution < -0.4 is 11.0 Å². The summed E-state index contributed by atoms with van der Waals surface area (Å²) >= 11 is 0. The standard InChI is InChI=1S/C22H24FN7O3/c1-13(31)24-7-2-8-29-21-18(30(22(29)32)15-5-9-33-10-6-15)12-25-19(28-21)20-26-16-4-3-14(23)11-17(16)27-20/h3-4,11-12,15H,2,5-10H2,1H3,(H,24,31)(H,26,27). The summed E-state index contributed by atoms with van der Waals surface area (Å²) in [6, 6.07) is 4.30. The first-order chi connectivity index (χ1) is 16.0. The highest BCUT2D eigenvalue weighted by Gasteiger charge is 2.24. The summed E-state index contributed by atoms with van der Waals surface area (Å²) in [5, 5.41) is 2.75. The molecule has 1 aliphatic rings. The molecule has 5 rings (SSSR count). The van der Waals surface area contributed by atoms with Crippen LogP contribution in [0.3, 0.4) is 0 Å². The molecule has 2 N–H and O–H groups in total. The van der Waals surface area contributed by atoms with Crippen molar-refractivity contribution in [1.29, 1.82) is 0 Å². The van der Waals surface area contributed by atoms with Crippen LogP contribution in [0.2, 0.25) is 0 Å². The van der Waals surface area contributed by atoms with E-state index in [9.17, 15) is 14.0 Å². The Hall–Kier alpha value is -3.60. The Balaban J connectivity index is 1.58. The molecule has 1 aliphatic heterocycles. The molecule has 1 amide bonds. The summed E-state index contributed by atoms with van der Waals surface area (Å²) in [5.74, 6) is 0.237. The van der Waals surface area contributed by atoms with Gasteiger partial charge < -0.3 is 15.0 Å². The largest absolute Gasteiger partial charge is 0.381 e. The van der Waals surface area contributed by atoms with Crippen molar-refractivity contribution in [3.05, 3.63) is 40.7 Å². The fourth-order valence-corrected chi connectivity index (χ4v) is 4.26. The second kappa shape index (κ2) is 8.74. The van der Waals surface area contributed by atoms with Crippen molar-refractivity contribution in [2.24, 2.45) is 0 Å². The number of benzene rings is 1. The first-order valence-electron chi connectivity index (χ1n) is 11.0. The van der Waals surface area contributed by atoms with Crippen LogP contribution in [0, 0.1) is 5.82 Å². The maximum Gasteiger partial charge on any atom is 0.330 e. The molecular formula is C22H24FN7O3. The molecule has 4 heterocycles. The van der Waals surface area contributed by atoms with Gasteiger partial charge in [-0.2, -0.15) is 0 Å². The number of nitrogens with one attached hydrogen (secondary N) is 2. The predicted octanol–water partition coefficient (Wildman–Crippen LogP) is 2.15. The number of halogens is 1. The van der Waals surface area contributed by atoms with Gasteiger partial charge in [-0.3, -0.25) is 13.9 Å². The van der Waals surface area contributed by atoms with Gasteiger partial charge in [-0.15, -0.1) is 0 Å². The number of rotatable bonds is 6. The molecule has 0 atom stereocenters. The van der Waals surface area contributed by atoms with Crippen molar-refractivity contribution in [2.75, 3.05) is 19.8 Å². The monoisotopic (exact) mass is 453 g/mol. The van der Waals surface area contributed by atoms with E-state index in [1.54, 1.807) is 21.4 Å². The lowest BCUT2D eigenvalue weighted by molar-refractivity contribution is -0.118. The molecule has 1 aromatic carbocycles. The maximum absolute atomic E-state index is 13.6. The number of amides is 1. The molecule has 0 unspecified atom stereocenters. The molecule has 33 heavy (non-hydrogen) atoms. The highest BCUT2D eigenvalue weighted by Crippen LogP contribution is 2.25. The summed E-state index contributed by atoms with van der Waals surface area (Å²) < 4.78 is 22.4. The molecule has 0 aliphatic carbocycles. The minimum atomic E-state index is -0.365. The molecule has 0 saturated carbocycles. The number of fused-ring (bicyclic) bond motifs is 2. The molecule has 1 saturated heterocycles. The van der Waals surface area contributed by atoms with E-state index in [-0.39, 0.29) is 23.5 Å². The van der Waals surface area contributed by atoms with E-state index in [4.69, 9.17) is 4.74 Å². The summed E-state index contributed by atoms with van der Waals surface area (Å²) in [5.41, 5.74) is 2.14. The smallest absolute Gasteiger partial charge is 0.330 e. The van der Waals surface area contributed by atoms with Crippen LogP contribution in [0.15, 0.2) is 29.2 Å². The minimum absolute atomic E-state index is 0.00831. The third kappa shape index (κ3) is 4.11. The Morgan fingerprint density at radius 1 is 1.30 bits per heavy atom. The lowest BCUT2D eigenvalue weighted by atomic mass is 10.1. The zero-order valence-corrected chi connectivity index (χ0v) is 18.2. The van der Waals surface area contributed by atoms with Crippen LogP contribution in [0.25, 0.3) is 33.8 Å². The van der Waals surface area contributed by atoms with Gasteiger partial charge in [-0.1, -0.05) is 0 Å². The molecule has 0 spiro atoms. The molecular weight excluding hydrogens is 429 g/mol. The van der Waals surface area contributed by atoms with Gasteiger partial charge in [-0.05, 0) is 37.5 Å². The van der Waals surface area contributed by atoms with Crippen LogP contribution in [-0.2, 0) is 16.1 Å². The molecule has 11 heteroatoms. The Labute approximate surface area is 187 Å². The van der Waals surface area contributed by atoms with Gasteiger partial charge in [0, 0.05) is 39.3 Å². The van der Waals surface area contributed by atoms with E-state index < -0.39 is 0 Å². The number of carbonyl (C=O) groups excluding carboxylic acids is 1. The number of carbonyl (C=O) groups is 1. The van der Waals surface area contributed by atoms with Crippen molar-refractivity contribution < 1.29 is 13.9 Å². The minimum Gasteiger partial charge on any atom is -0.381 e. The number of hydrogen-bond acceptors (Lipinski definition) is 6. The van der Waals surface area contributed by atoms with Crippen molar-refractivity contribution >= 4 is 28.1 Å². The Morgan fingerprint density at radius 3 is 2.91 bits per heavy atom. The van der Waals surface area contributed by atoms with E-state index in [0.29, 0.717) is 66.6 Å².